The maximum atomic E-state index is 11.1. The van der Waals surface area contributed by atoms with Crippen LogP contribution in [0.2, 0.25) is 0 Å². The molecule has 2 heteroatoms. The molecule has 1 saturated carbocycles. The van der Waals surface area contributed by atoms with Crippen molar-refractivity contribution in [2.75, 3.05) is 13.1 Å². The highest BCUT2D eigenvalue weighted by Gasteiger charge is 2.49. The number of hydrogen-bond donors (Lipinski definition) is 2. The van der Waals surface area contributed by atoms with Crippen molar-refractivity contribution in [2.24, 2.45) is 11.3 Å². The van der Waals surface area contributed by atoms with Crippen molar-refractivity contribution in [3.63, 3.8) is 0 Å². The van der Waals surface area contributed by atoms with E-state index in [1.54, 1.807) is 0 Å². The summed E-state index contributed by atoms with van der Waals surface area (Å²) in [5.41, 5.74) is -0.400. The van der Waals surface area contributed by atoms with Crippen molar-refractivity contribution < 1.29 is 5.11 Å². The van der Waals surface area contributed by atoms with Gasteiger partial charge < -0.3 is 10.4 Å². The van der Waals surface area contributed by atoms with E-state index in [0.717, 1.165) is 19.5 Å². The van der Waals surface area contributed by atoms with Gasteiger partial charge in [-0.2, -0.15) is 0 Å². The zero-order chi connectivity index (χ0) is 11.6. The lowest BCUT2D eigenvalue weighted by molar-refractivity contribution is -0.133. The average Bonchev–Trinajstić information content (AvgIpc) is 2.51. The monoisotopic (exact) mass is 225 g/mol. The second kappa shape index (κ2) is 4.66. The van der Waals surface area contributed by atoms with Gasteiger partial charge in [0.05, 0.1) is 5.60 Å². The van der Waals surface area contributed by atoms with Crippen molar-refractivity contribution in [3.8, 4) is 0 Å². The highest BCUT2D eigenvalue weighted by molar-refractivity contribution is 5.02. The summed E-state index contributed by atoms with van der Waals surface area (Å²) in [5, 5.41) is 14.5. The lowest BCUT2D eigenvalue weighted by atomic mass is 9.62. The van der Waals surface area contributed by atoms with E-state index in [1.165, 1.54) is 38.5 Å². The van der Waals surface area contributed by atoms with E-state index in [2.05, 4.69) is 19.2 Å². The molecule has 1 aliphatic heterocycles. The summed E-state index contributed by atoms with van der Waals surface area (Å²) in [4.78, 5) is 0. The number of hydrogen-bond acceptors (Lipinski definition) is 2. The van der Waals surface area contributed by atoms with Crippen LogP contribution < -0.4 is 5.32 Å². The Morgan fingerprint density at radius 3 is 2.25 bits per heavy atom. The molecule has 1 atom stereocenters. The Bertz CT molecular complexity index is 231. The van der Waals surface area contributed by atoms with Gasteiger partial charge in [0.15, 0.2) is 0 Å². The first-order chi connectivity index (χ1) is 7.56. The van der Waals surface area contributed by atoms with Gasteiger partial charge in [-0.25, -0.2) is 0 Å². The van der Waals surface area contributed by atoms with Crippen molar-refractivity contribution in [1.29, 1.82) is 0 Å². The van der Waals surface area contributed by atoms with Gasteiger partial charge in [0, 0.05) is 12.0 Å². The van der Waals surface area contributed by atoms with Crippen LogP contribution in [0.15, 0.2) is 0 Å². The van der Waals surface area contributed by atoms with Gasteiger partial charge in [-0.15, -0.1) is 0 Å². The quantitative estimate of drug-likeness (QED) is 0.673. The molecule has 1 saturated heterocycles. The number of aliphatic hydroxyl groups is 1. The second-order valence-electron chi connectivity index (χ2n) is 6.42. The molecule has 1 heterocycles. The normalized spacial score (nSPS) is 36.9. The molecule has 0 radical (unpaired) electrons. The molecule has 0 spiro atoms. The van der Waals surface area contributed by atoms with E-state index in [1.807, 2.05) is 0 Å². The SMILES string of the molecule is CC1(C)CNCCC1(O)C1CCCCCC1. The smallest absolute Gasteiger partial charge is 0.0750 e. The molecule has 1 unspecified atom stereocenters. The maximum Gasteiger partial charge on any atom is 0.0750 e. The van der Waals surface area contributed by atoms with E-state index in [4.69, 9.17) is 0 Å². The summed E-state index contributed by atoms with van der Waals surface area (Å²) in [6, 6.07) is 0. The second-order valence-corrected chi connectivity index (χ2v) is 6.42. The molecule has 0 aromatic rings. The van der Waals surface area contributed by atoms with E-state index >= 15 is 0 Å². The predicted molar refractivity (Wildman–Crippen MR) is 67.4 cm³/mol. The van der Waals surface area contributed by atoms with Crippen LogP contribution >= 0.6 is 0 Å². The minimum absolute atomic E-state index is 0.0280. The van der Waals surface area contributed by atoms with Gasteiger partial charge in [0.25, 0.3) is 0 Å². The Balaban J connectivity index is 2.14. The molecule has 1 aliphatic carbocycles. The fraction of sp³-hybridized carbons (Fsp3) is 1.00. The van der Waals surface area contributed by atoms with Crippen molar-refractivity contribution in [1.82, 2.24) is 5.32 Å². The Morgan fingerprint density at radius 1 is 1.06 bits per heavy atom. The van der Waals surface area contributed by atoms with Gasteiger partial charge in [-0.3, -0.25) is 0 Å². The Labute approximate surface area is 99.8 Å². The van der Waals surface area contributed by atoms with E-state index < -0.39 is 5.60 Å². The Hall–Kier alpha value is -0.0800. The summed E-state index contributed by atoms with van der Waals surface area (Å²) in [6.45, 7) is 6.39. The van der Waals surface area contributed by atoms with Gasteiger partial charge >= 0.3 is 0 Å². The molecular weight excluding hydrogens is 198 g/mol. The molecule has 94 valence electrons. The van der Waals surface area contributed by atoms with Crippen molar-refractivity contribution in [2.45, 2.75) is 64.4 Å². The van der Waals surface area contributed by atoms with Crippen molar-refractivity contribution >= 4 is 0 Å². The molecular formula is C14H27NO. The molecule has 0 aromatic heterocycles. The largest absolute Gasteiger partial charge is 0.389 e. The number of rotatable bonds is 1. The number of piperidine rings is 1. The van der Waals surface area contributed by atoms with Crippen LogP contribution in [-0.2, 0) is 0 Å². The molecule has 0 amide bonds. The zero-order valence-electron chi connectivity index (χ0n) is 10.9. The highest BCUT2D eigenvalue weighted by atomic mass is 16.3. The van der Waals surface area contributed by atoms with E-state index in [0.29, 0.717) is 5.92 Å². The summed E-state index contributed by atoms with van der Waals surface area (Å²) < 4.78 is 0. The Morgan fingerprint density at radius 2 is 1.69 bits per heavy atom. The standard InChI is InChI=1S/C14H27NO/c1-13(2)11-15-10-9-14(13,16)12-7-5-3-4-6-8-12/h12,15-16H,3-11H2,1-2H3. The summed E-state index contributed by atoms with van der Waals surface area (Å²) in [7, 11) is 0. The van der Waals surface area contributed by atoms with Crippen LogP contribution in [0.4, 0.5) is 0 Å². The first kappa shape index (κ1) is 12.4. The minimum Gasteiger partial charge on any atom is -0.389 e. The topological polar surface area (TPSA) is 32.3 Å². The zero-order valence-corrected chi connectivity index (χ0v) is 10.9. The molecule has 2 fully saturated rings. The van der Waals surface area contributed by atoms with Gasteiger partial charge in [-0.1, -0.05) is 39.5 Å². The van der Waals surface area contributed by atoms with E-state index in [-0.39, 0.29) is 5.41 Å². The third-order valence-corrected chi connectivity index (χ3v) is 4.95. The molecule has 2 aliphatic rings. The first-order valence-electron chi connectivity index (χ1n) is 6.99. The average molecular weight is 225 g/mol. The summed E-state index contributed by atoms with van der Waals surface area (Å²) >= 11 is 0. The number of nitrogens with one attached hydrogen (secondary N) is 1. The van der Waals surface area contributed by atoms with Gasteiger partial charge in [0.2, 0.25) is 0 Å². The molecule has 2 N–H and O–H groups in total. The lowest BCUT2D eigenvalue weighted by Gasteiger charge is -2.51. The highest BCUT2D eigenvalue weighted by Crippen LogP contribution is 2.45. The van der Waals surface area contributed by atoms with Crippen LogP contribution in [0, 0.1) is 11.3 Å². The molecule has 2 rings (SSSR count). The van der Waals surface area contributed by atoms with Crippen LogP contribution in [0.5, 0.6) is 0 Å². The maximum absolute atomic E-state index is 11.1. The van der Waals surface area contributed by atoms with Crippen LogP contribution in [0.3, 0.4) is 0 Å². The van der Waals surface area contributed by atoms with Crippen LogP contribution in [0.1, 0.15) is 58.8 Å². The third-order valence-electron chi connectivity index (χ3n) is 4.95. The molecule has 0 aromatic carbocycles. The van der Waals surface area contributed by atoms with Crippen molar-refractivity contribution in [3.05, 3.63) is 0 Å². The third kappa shape index (κ3) is 2.14. The fourth-order valence-electron chi connectivity index (χ4n) is 3.68. The van der Waals surface area contributed by atoms with Crippen LogP contribution in [-0.4, -0.2) is 23.8 Å². The summed E-state index contributed by atoms with van der Waals surface area (Å²) in [5.74, 6) is 0.534. The molecule has 16 heavy (non-hydrogen) atoms. The predicted octanol–water partition coefficient (Wildman–Crippen LogP) is 2.71. The first-order valence-corrected chi connectivity index (χ1v) is 6.99. The minimum atomic E-state index is -0.428. The van der Waals surface area contributed by atoms with Gasteiger partial charge in [0.1, 0.15) is 0 Å². The Kier molecular flexibility index (Phi) is 3.60. The molecule has 2 nitrogen and oxygen atoms in total. The lowest BCUT2D eigenvalue weighted by Crippen LogP contribution is -2.59. The fourth-order valence-corrected chi connectivity index (χ4v) is 3.68. The van der Waals surface area contributed by atoms with Gasteiger partial charge in [-0.05, 0) is 31.7 Å². The van der Waals surface area contributed by atoms with Crippen LogP contribution in [0.25, 0.3) is 0 Å². The van der Waals surface area contributed by atoms with E-state index in [9.17, 15) is 5.11 Å². The summed E-state index contributed by atoms with van der Waals surface area (Å²) in [6.07, 6.45) is 8.77. The molecule has 0 bridgehead atoms.